The molecule has 7 heteroatoms. The topological polar surface area (TPSA) is 54.0 Å². The van der Waals surface area contributed by atoms with E-state index in [1.165, 1.54) is 0 Å². The molecule has 0 bridgehead atoms. The van der Waals surface area contributed by atoms with Crippen LogP contribution >= 0.6 is 27.3 Å². The van der Waals surface area contributed by atoms with Crippen molar-refractivity contribution >= 4 is 43.1 Å². The first-order valence-corrected chi connectivity index (χ1v) is 12.7. The van der Waals surface area contributed by atoms with E-state index in [-0.39, 0.29) is 5.78 Å². The Labute approximate surface area is 211 Å². The summed E-state index contributed by atoms with van der Waals surface area (Å²) in [7, 11) is 4.72. The number of fused-ring (bicyclic) bond motifs is 1. The van der Waals surface area contributed by atoms with Gasteiger partial charge in [0, 0.05) is 43.1 Å². The number of ketones is 1. The van der Waals surface area contributed by atoms with Crippen molar-refractivity contribution in [1.29, 1.82) is 0 Å². The Kier molecular flexibility index (Phi) is 7.44. The number of thiophene rings is 1. The normalized spacial score (nSPS) is 10.9. The second-order valence-corrected chi connectivity index (χ2v) is 9.26. The third-order valence-corrected chi connectivity index (χ3v) is 6.89. The molecule has 34 heavy (non-hydrogen) atoms. The Morgan fingerprint density at radius 2 is 1.71 bits per heavy atom. The van der Waals surface area contributed by atoms with Crippen LogP contribution < -0.4 is 18.9 Å². The molecule has 0 spiro atoms. The summed E-state index contributed by atoms with van der Waals surface area (Å²) in [5.74, 6) is 2.13. The first-order valence-electron chi connectivity index (χ1n) is 10.7. The highest BCUT2D eigenvalue weighted by molar-refractivity contribution is 9.09. The first kappa shape index (κ1) is 24.1. The predicted octanol–water partition coefficient (Wildman–Crippen LogP) is 6.91. The smallest absolute Gasteiger partial charge is 0.203 e. The third kappa shape index (κ3) is 4.38. The van der Waals surface area contributed by atoms with Crippen LogP contribution in [0.5, 0.6) is 23.0 Å². The second kappa shape index (κ2) is 10.5. The van der Waals surface area contributed by atoms with Crippen molar-refractivity contribution in [3.8, 4) is 34.1 Å². The Balaban J connectivity index is 1.98. The van der Waals surface area contributed by atoms with Gasteiger partial charge in [0.15, 0.2) is 17.3 Å². The fraction of sp³-hybridized carbons (Fsp3) is 0.222. The fourth-order valence-electron chi connectivity index (χ4n) is 4.11. The Bertz CT molecular complexity index is 1340. The Morgan fingerprint density at radius 3 is 2.41 bits per heavy atom. The number of hydrogen-bond acceptors (Lipinski definition) is 6. The summed E-state index contributed by atoms with van der Waals surface area (Å²) in [6, 6.07) is 15.4. The van der Waals surface area contributed by atoms with E-state index in [4.69, 9.17) is 18.9 Å². The average Bonchev–Trinajstić information content (AvgIpc) is 3.30. The summed E-state index contributed by atoms with van der Waals surface area (Å²) in [6.07, 6.45) is 0. The molecule has 1 aromatic heterocycles. The number of benzene rings is 3. The van der Waals surface area contributed by atoms with Gasteiger partial charge in [0.1, 0.15) is 5.75 Å². The molecule has 0 amide bonds. The number of rotatable bonds is 9. The van der Waals surface area contributed by atoms with Gasteiger partial charge in [-0.15, -0.1) is 11.3 Å². The lowest BCUT2D eigenvalue weighted by molar-refractivity contribution is 0.104. The zero-order valence-electron chi connectivity index (χ0n) is 19.4. The minimum absolute atomic E-state index is 0.0474. The lowest BCUT2D eigenvalue weighted by atomic mass is 9.89. The van der Waals surface area contributed by atoms with E-state index in [0.29, 0.717) is 51.6 Å². The highest BCUT2D eigenvalue weighted by Crippen LogP contribution is 2.46. The first-order chi connectivity index (χ1) is 16.5. The summed E-state index contributed by atoms with van der Waals surface area (Å²) in [4.78, 5) is 14.0. The summed E-state index contributed by atoms with van der Waals surface area (Å²) in [6.45, 7) is 2.43. The SMILES string of the molecule is COc1ccc(-c2cc(OCCBr)cc(C)c2C(=O)c2csc3ccccc23)c(OC)c1OC. The summed E-state index contributed by atoms with van der Waals surface area (Å²) in [5, 5.41) is 3.57. The van der Waals surface area contributed by atoms with E-state index in [2.05, 4.69) is 15.9 Å². The van der Waals surface area contributed by atoms with Crippen molar-refractivity contribution in [3.05, 3.63) is 70.6 Å². The molecule has 0 aliphatic rings. The van der Waals surface area contributed by atoms with Gasteiger partial charge in [0.25, 0.3) is 0 Å². The van der Waals surface area contributed by atoms with E-state index in [1.807, 2.05) is 60.8 Å². The van der Waals surface area contributed by atoms with Crippen LogP contribution in [0.15, 0.2) is 53.9 Å². The van der Waals surface area contributed by atoms with Crippen LogP contribution in [-0.2, 0) is 0 Å². The van der Waals surface area contributed by atoms with Crippen LogP contribution in [0, 0.1) is 6.92 Å². The standard InChI is InChI=1S/C27H25BrO5S/c1-16-13-17(33-12-11-28)14-20(19-9-10-22(30-2)27(32-4)26(19)31-3)24(16)25(29)21-15-34-23-8-6-5-7-18(21)23/h5-10,13-15H,11-12H2,1-4H3. The highest BCUT2D eigenvalue weighted by atomic mass is 79.9. The molecule has 0 saturated carbocycles. The molecule has 0 fully saturated rings. The van der Waals surface area contributed by atoms with Gasteiger partial charge < -0.3 is 18.9 Å². The molecule has 1 heterocycles. The van der Waals surface area contributed by atoms with E-state index in [9.17, 15) is 4.79 Å². The molecule has 0 radical (unpaired) electrons. The van der Waals surface area contributed by atoms with E-state index in [0.717, 1.165) is 21.2 Å². The number of carbonyl (C=O) groups excluding carboxylic acids is 1. The van der Waals surface area contributed by atoms with Crippen molar-refractivity contribution in [2.75, 3.05) is 33.3 Å². The van der Waals surface area contributed by atoms with Crippen molar-refractivity contribution in [2.45, 2.75) is 6.92 Å². The number of methoxy groups -OCH3 is 3. The van der Waals surface area contributed by atoms with Crippen LogP contribution in [0.2, 0.25) is 0 Å². The van der Waals surface area contributed by atoms with Crippen LogP contribution in [0.1, 0.15) is 21.5 Å². The number of ether oxygens (including phenoxy) is 4. The van der Waals surface area contributed by atoms with Crippen LogP contribution in [-0.4, -0.2) is 39.0 Å². The molecule has 4 rings (SSSR count). The maximum Gasteiger partial charge on any atom is 0.203 e. The molecule has 3 aromatic carbocycles. The molecular formula is C27H25BrO5S. The van der Waals surface area contributed by atoms with Gasteiger partial charge in [-0.3, -0.25) is 4.79 Å². The molecule has 176 valence electrons. The number of hydrogen-bond donors (Lipinski definition) is 0. The molecule has 0 aliphatic carbocycles. The maximum absolute atomic E-state index is 14.0. The number of halogens is 1. The average molecular weight is 541 g/mol. The number of alkyl halides is 1. The van der Waals surface area contributed by atoms with Crippen molar-refractivity contribution in [1.82, 2.24) is 0 Å². The molecule has 4 aromatic rings. The van der Waals surface area contributed by atoms with E-state index >= 15 is 0 Å². The second-order valence-electron chi connectivity index (χ2n) is 7.56. The van der Waals surface area contributed by atoms with Gasteiger partial charge in [-0.1, -0.05) is 34.1 Å². The number of aryl methyl sites for hydroxylation is 1. The molecular weight excluding hydrogens is 516 g/mol. The lowest BCUT2D eigenvalue weighted by Gasteiger charge is -2.19. The minimum atomic E-state index is -0.0474. The third-order valence-electron chi connectivity index (χ3n) is 5.60. The largest absolute Gasteiger partial charge is 0.493 e. The molecule has 5 nitrogen and oxygen atoms in total. The van der Waals surface area contributed by atoms with Gasteiger partial charge in [0.2, 0.25) is 5.75 Å². The number of carbonyl (C=O) groups is 1. The highest BCUT2D eigenvalue weighted by Gasteiger charge is 2.25. The van der Waals surface area contributed by atoms with Crippen LogP contribution in [0.25, 0.3) is 21.2 Å². The van der Waals surface area contributed by atoms with Crippen molar-refractivity contribution in [3.63, 3.8) is 0 Å². The summed E-state index contributed by atoms with van der Waals surface area (Å²) in [5.41, 5.74) is 3.52. The summed E-state index contributed by atoms with van der Waals surface area (Å²) >= 11 is 4.97. The molecule has 0 unspecified atom stereocenters. The predicted molar refractivity (Wildman–Crippen MR) is 141 cm³/mol. The van der Waals surface area contributed by atoms with Crippen LogP contribution in [0.4, 0.5) is 0 Å². The van der Waals surface area contributed by atoms with Gasteiger partial charge in [-0.25, -0.2) is 0 Å². The molecule has 0 aliphatic heterocycles. The minimum Gasteiger partial charge on any atom is -0.493 e. The zero-order chi connectivity index (χ0) is 24.2. The Morgan fingerprint density at radius 1 is 0.941 bits per heavy atom. The monoisotopic (exact) mass is 540 g/mol. The zero-order valence-corrected chi connectivity index (χ0v) is 21.8. The quantitative estimate of drug-likeness (QED) is 0.170. The summed E-state index contributed by atoms with van der Waals surface area (Å²) < 4.78 is 23.8. The van der Waals surface area contributed by atoms with Crippen LogP contribution in [0.3, 0.4) is 0 Å². The molecule has 0 atom stereocenters. The van der Waals surface area contributed by atoms with E-state index in [1.54, 1.807) is 32.7 Å². The van der Waals surface area contributed by atoms with Crippen molar-refractivity contribution < 1.29 is 23.7 Å². The fourth-order valence-corrected chi connectivity index (χ4v) is 5.21. The van der Waals surface area contributed by atoms with Crippen molar-refractivity contribution in [2.24, 2.45) is 0 Å². The van der Waals surface area contributed by atoms with Gasteiger partial charge in [0.05, 0.1) is 27.9 Å². The molecule has 0 N–H and O–H groups in total. The maximum atomic E-state index is 14.0. The lowest BCUT2D eigenvalue weighted by Crippen LogP contribution is -2.08. The van der Waals surface area contributed by atoms with E-state index < -0.39 is 0 Å². The molecule has 0 saturated heterocycles. The van der Waals surface area contributed by atoms with Gasteiger partial charge in [-0.05, 0) is 42.8 Å². The van der Waals surface area contributed by atoms with Gasteiger partial charge in [-0.2, -0.15) is 0 Å². The van der Waals surface area contributed by atoms with Gasteiger partial charge >= 0.3 is 0 Å². The Hall–Kier alpha value is -3.03.